The van der Waals surface area contributed by atoms with Gasteiger partial charge >= 0.3 is 6.18 Å². The summed E-state index contributed by atoms with van der Waals surface area (Å²) in [5, 5.41) is 19.6. The molecule has 5 nitrogen and oxygen atoms in total. The lowest BCUT2D eigenvalue weighted by Gasteiger charge is -2.14. The van der Waals surface area contributed by atoms with E-state index < -0.39 is 44.0 Å². The van der Waals surface area contributed by atoms with Crippen molar-refractivity contribution in [2.24, 2.45) is 0 Å². The van der Waals surface area contributed by atoms with Crippen LogP contribution in [0.3, 0.4) is 0 Å². The first kappa shape index (κ1) is 21.6. The van der Waals surface area contributed by atoms with Gasteiger partial charge in [-0.05, 0) is 41.5 Å². The number of halogens is 4. The molecule has 0 saturated heterocycles. The van der Waals surface area contributed by atoms with Crippen molar-refractivity contribution in [3.8, 4) is 22.6 Å². The molecule has 0 unspecified atom stereocenters. The summed E-state index contributed by atoms with van der Waals surface area (Å²) in [6.07, 6.45) is -4.57. The summed E-state index contributed by atoms with van der Waals surface area (Å²) in [5.74, 6) is -1.84. The molecule has 0 aliphatic carbocycles. The van der Waals surface area contributed by atoms with E-state index in [1.807, 2.05) is 0 Å². The van der Waals surface area contributed by atoms with Gasteiger partial charge in [0.05, 0.1) is 10.5 Å². The van der Waals surface area contributed by atoms with E-state index in [1.165, 1.54) is 12.1 Å². The molecule has 0 heterocycles. The lowest BCUT2D eigenvalue weighted by molar-refractivity contribution is -0.137. The second-order valence-corrected chi connectivity index (χ2v) is 8.10. The number of alkyl halides is 3. The molecular weight excluding hydrogens is 426 g/mol. The predicted molar refractivity (Wildman–Crippen MR) is 101 cm³/mol. The summed E-state index contributed by atoms with van der Waals surface area (Å²) in [6.45, 7) is -0.198. The van der Waals surface area contributed by atoms with Gasteiger partial charge in [0.25, 0.3) is 0 Å². The fourth-order valence-corrected chi connectivity index (χ4v) is 3.95. The average molecular weight is 441 g/mol. The topological polar surface area (TPSA) is 86.6 Å². The molecule has 158 valence electrons. The van der Waals surface area contributed by atoms with E-state index in [0.717, 1.165) is 48.5 Å². The number of benzene rings is 3. The van der Waals surface area contributed by atoms with E-state index in [-0.39, 0.29) is 17.7 Å². The van der Waals surface area contributed by atoms with Crippen LogP contribution in [-0.2, 0) is 22.7 Å². The van der Waals surface area contributed by atoms with Gasteiger partial charge in [0, 0.05) is 18.2 Å². The zero-order chi connectivity index (χ0) is 22.1. The number of nitrogens with one attached hydrogen (secondary N) is 1. The lowest BCUT2D eigenvalue weighted by Crippen LogP contribution is -2.23. The molecule has 0 bridgehead atoms. The van der Waals surface area contributed by atoms with Crippen LogP contribution in [0, 0.1) is 5.82 Å². The Kier molecular flexibility index (Phi) is 5.73. The van der Waals surface area contributed by atoms with Gasteiger partial charge in [-0.2, -0.15) is 13.2 Å². The summed E-state index contributed by atoms with van der Waals surface area (Å²) in [5.41, 5.74) is -0.488. The Labute approximate surface area is 169 Å². The third-order valence-electron chi connectivity index (χ3n) is 4.27. The highest BCUT2D eigenvalue weighted by Gasteiger charge is 2.30. The van der Waals surface area contributed by atoms with Crippen LogP contribution in [0.4, 0.5) is 17.6 Å². The van der Waals surface area contributed by atoms with Crippen molar-refractivity contribution >= 4 is 10.0 Å². The second kappa shape index (κ2) is 7.96. The van der Waals surface area contributed by atoms with Crippen molar-refractivity contribution in [3.63, 3.8) is 0 Å². The van der Waals surface area contributed by atoms with Crippen molar-refractivity contribution in [3.05, 3.63) is 77.6 Å². The standard InChI is InChI=1S/C20H15F4NO4S/c21-15-7-1-12(2-8-15)11-25-30(28,29)19-10-18(27)17(26)9-16(19)13-3-5-14(6-4-13)20(22,23)24/h1-10,25-27H,11H2. The van der Waals surface area contributed by atoms with Crippen molar-refractivity contribution in [2.45, 2.75) is 17.6 Å². The first-order valence-corrected chi connectivity index (χ1v) is 9.93. The Morgan fingerprint density at radius 1 is 0.867 bits per heavy atom. The van der Waals surface area contributed by atoms with E-state index in [0.29, 0.717) is 5.56 Å². The fourth-order valence-electron chi connectivity index (χ4n) is 2.70. The number of phenols is 2. The van der Waals surface area contributed by atoms with Gasteiger partial charge in [0.1, 0.15) is 5.82 Å². The normalized spacial score (nSPS) is 12.1. The van der Waals surface area contributed by atoms with E-state index in [1.54, 1.807) is 0 Å². The number of aromatic hydroxyl groups is 2. The number of rotatable bonds is 5. The Hall–Kier alpha value is -3.11. The van der Waals surface area contributed by atoms with Crippen LogP contribution in [0.15, 0.2) is 65.6 Å². The quantitative estimate of drug-likeness (QED) is 0.405. The summed E-state index contributed by atoms with van der Waals surface area (Å²) in [4.78, 5) is -0.445. The summed E-state index contributed by atoms with van der Waals surface area (Å²) in [6, 6.07) is 10.5. The lowest BCUT2D eigenvalue weighted by atomic mass is 10.0. The molecule has 10 heteroatoms. The fraction of sp³-hybridized carbons (Fsp3) is 0.100. The average Bonchev–Trinajstić information content (AvgIpc) is 2.69. The molecule has 30 heavy (non-hydrogen) atoms. The van der Waals surface area contributed by atoms with Crippen molar-refractivity contribution in [2.75, 3.05) is 0 Å². The van der Waals surface area contributed by atoms with E-state index in [4.69, 9.17) is 0 Å². The monoisotopic (exact) mass is 441 g/mol. The maximum absolute atomic E-state index is 13.0. The Balaban J connectivity index is 1.99. The molecule has 0 fully saturated rings. The van der Waals surface area contributed by atoms with Crippen LogP contribution in [0.25, 0.3) is 11.1 Å². The summed E-state index contributed by atoms with van der Waals surface area (Å²) in [7, 11) is -4.26. The minimum absolute atomic E-state index is 0.0838. The number of phenolic OH excluding ortho intramolecular Hbond substituents is 2. The Morgan fingerprint density at radius 3 is 2.00 bits per heavy atom. The van der Waals surface area contributed by atoms with Crippen molar-refractivity contribution in [1.82, 2.24) is 4.72 Å². The third kappa shape index (κ3) is 4.71. The number of hydrogen-bond donors (Lipinski definition) is 3. The molecule has 0 aromatic heterocycles. The van der Waals surface area contributed by atoms with Gasteiger partial charge in [0.2, 0.25) is 10.0 Å². The highest BCUT2D eigenvalue weighted by Crippen LogP contribution is 2.38. The van der Waals surface area contributed by atoms with Crippen LogP contribution in [0.1, 0.15) is 11.1 Å². The van der Waals surface area contributed by atoms with Gasteiger partial charge in [-0.25, -0.2) is 17.5 Å². The van der Waals surface area contributed by atoms with Gasteiger partial charge in [-0.1, -0.05) is 24.3 Å². The molecule has 3 aromatic carbocycles. The van der Waals surface area contributed by atoms with E-state index >= 15 is 0 Å². The largest absolute Gasteiger partial charge is 0.504 e. The maximum Gasteiger partial charge on any atom is 0.416 e. The molecule has 0 saturated carbocycles. The van der Waals surface area contributed by atoms with E-state index in [2.05, 4.69) is 4.72 Å². The van der Waals surface area contributed by atoms with Crippen LogP contribution in [-0.4, -0.2) is 18.6 Å². The van der Waals surface area contributed by atoms with Crippen LogP contribution in [0.5, 0.6) is 11.5 Å². The Bertz CT molecular complexity index is 1160. The molecule has 0 atom stereocenters. The molecule has 3 aromatic rings. The summed E-state index contributed by atoms with van der Waals surface area (Å²) < 4.78 is 79.2. The van der Waals surface area contributed by atoms with Gasteiger partial charge in [-0.15, -0.1) is 0 Å². The zero-order valence-corrected chi connectivity index (χ0v) is 15.9. The number of hydrogen-bond acceptors (Lipinski definition) is 4. The first-order valence-electron chi connectivity index (χ1n) is 8.45. The van der Waals surface area contributed by atoms with Crippen molar-refractivity contribution < 1.29 is 36.2 Å². The predicted octanol–water partition coefficient (Wildman–Crippen LogP) is 4.40. The Morgan fingerprint density at radius 2 is 1.43 bits per heavy atom. The highest BCUT2D eigenvalue weighted by molar-refractivity contribution is 7.89. The summed E-state index contributed by atoms with van der Waals surface area (Å²) >= 11 is 0. The minimum Gasteiger partial charge on any atom is -0.504 e. The third-order valence-corrected chi connectivity index (χ3v) is 5.71. The van der Waals surface area contributed by atoms with Crippen LogP contribution in [0.2, 0.25) is 0 Å². The van der Waals surface area contributed by atoms with E-state index in [9.17, 15) is 36.2 Å². The highest BCUT2D eigenvalue weighted by atomic mass is 32.2. The molecule has 0 amide bonds. The van der Waals surface area contributed by atoms with Crippen molar-refractivity contribution in [1.29, 1.82) is 0 Å². The SMILES string of the molecule is O=S(=O)(NCc1ccc(F)cc1)c1cc(O)c(O)cc1-c1ccc(C(F)(F)F)cc1. The van der Waals surface area contributed by atoms with Gasteiger partial charge in [-0.3, -0.25) is 0 Å². The molecule has 3 N–H and O–H groups in total. The van der Waals surface area contributed by atoms with Gasteiger partial charge < -0.3 is 10.2 Å². The molecule has 0 radical (unpaired) electrons. The molecule has 0 spiro atoms. The number of sulfonamides is 1. The second-order valence-electron chi connectivity index (χ2n) is 6.36. The zero-order valence-electron chi connectivity index (χ0n) is 15.1. The van der Waals surface area contributed by atoms with Gasteiger partial charge in [0.15, 0.2) is 11.5 Å². The molecule has 0 aliphatic rings. The first-order chi connectivity index (χ1) is 14.0. The molecule has 3 rings (SSSR count). The molecule has 0 aliphatic heterocycles. The minimum atomic E-state index is -4.57. The van der Waals surface area contributed by atoms with Crippen LogP contribution < -0.4 is 4.72 Å². The molecular formula is C20H15F4NO4S. The maximum atomic E-state index is 13.0. The smallest absolute Gasteiger partial charge is 0.416 e. The van der Waals surface area contributed by atoms with Crippen LogP contribution >= 0.6 is 0 Å².